The molecule has 44 heavy (non-hydrogen) atoms. The van der Waals surface area contributed by atoms with Crippen LogP contribution in [0.15, 0.2) is 77.6 Å². The molecule has 2 aliphatic carbocycles. The van der Waals surface area contributed by atoms with Gasteiger partial charge in [-0.3, -0.25) is 9.78 Å². The number of fused-ring (bicyclic) bond motifs is 2. The van der Waals surface area contributed by atoms with Crippen molar-refractivity contribution in [1.29, 1.82) is 0 Å². The Bertz CT molecular complexity index is 1870. The molecule has 8 nitrogen and oxygen atoms in total. The number of ketones is 1. The first kappa shape index (κ1) is 30.1. The molecule has 0 aliphatic heterocycles. The van der Waals surface area contributed by atoms with Crippen LogP contribution in [-0.4, -0.2) is 57.3 Å². The van der Waals surface area contributed by atoms with Gasteiger partial charge in [0.2, 0.25) is 10.0 Å². The predicted octanol–water partition coefficient (Wildman–Crippen LogP) is 5.91. The van der Waals surface area contributed by atoms with Gasteiger partial charge in [0.05, 0.1) is 29.5 Å². The Morgan fingerprint density at radius 3 is 2.52 bits per heavy atom. The number of carbonyl (C=O) groups excluding carboxylic acids is 1. The number of hydrogen-bond acceptors (Lipinski definition) is 6. The van der Waals surface area contributed by atoms with Gasteiger partial charge in [0.25, 0.3) is 6.43 Å². The standard InChI is InChI=1S/C30H24ClF4N5O3S/c31-27-8-7-24(16-37-27)44(42,43)39(17-28(34)35)23-4-1-19-11-26-18(15-38-40(26)22-5-2-20(32)3-6-22)13-30(19,14-23)29(41)25-12-21(33)9-10-36-25/h2-3,5-12,15-16,23,28H,1,4,13-14,17H2/t23-,30-/m0/s1. The summed E-state index contributed by atoms with van der Waals surface area (Å²) in [6, 6.07) is 9.21. The predicted molar refractivity (Wildman–Crippen MR) is 153 cm³/mol. The van der Waals surface area contributed by atoms with Gasteiger partial charge in [0, 0.05) is 24.5 Å². The van der Waals surface area contributed by atoms with Crippen LogP contribution in [0.2, 0.25) is 5.15 Å². The molecule has 2 atom stereocenters. The van der Waals surface area contributed by atoms with Crippen molar-refractivity contribution in [2.45, 2.75) is 43.0 Å². The van der Waals surface area contributed by atoms with Crippen molar-refractivity contribution in [1.82, 2.24) is 24.1 Å². The van der Waals surface area contributed by atoms with Gasteiger partial charge < -0.3 is 0 Å². The number of pyridine rings is 2. The highest BCUT2D eigenvalue weighted by Crippen LogP contribution is 2.51. The summed E-state index contributed by atoms with van der Waals surface area (Å²) in [5.41, 5.74) is 0.856. The van der Waals surface area contributed by atoms with Gasteiger partial charge in [-0.15, -0.1) is 0 Å². The summed E-state index contributed by atoms with van der Waals surface area (Å²) in [5, 5.41) is 4.48. The molecule has 6 rings (SSSR count). The number of aromatic nitrogens is 4. The summed E-state index contributed by atoms with van der Waals surface area (Å²) in [6.07, 6.45) is 2.65. The molecular weight excluding hydrogens is 622 g/mol. The second kappa shape index (κ2) is 11.5. The molecule has 3 heterocycles. The van der Waals surface area contributed by atoms with Gasteiger partial charge in [-0.05, 0) is 79.8 Å². The van der Waals surface area contributed by atoms with Crippen LogP contribution < -0.4 is 0 Å². The topological polar surface area (TPSA) is 98.0 Å². The van der Waals surface area contributed by atoms with Crippen LogP contribution in [0.1, 0.15) is 41.0 Å². The van der Waals surface area contributed by atoms with Crippen LogP contribution in [0.3, 0.4) is 0 Å². The Labute approximate surface area is 255 Å². The number of hydrogen-bond donors (Lipinski definition) is 0. The number of allylic oxidation sites excluding steroid dienone is 1. The van der Waals surface area contributed by atoms with Gasteiger partial charge >= 0.3 is 0 Å². The number of Topliss-reactive ketones (excluding diaryl/α,β-unsaturated/α-hetero) is 1. The summed E-state index contributed by atoms with van der Waals surface area (Å²) in [4.78, 5) is 21.9. The highest BCUT2D eigenvalue weighted by atomic mass is 35.5. The third kappa shape index (κ3) is 5.44. The number of carbonyl (C=O) groups is 1. The van der Waals surface area contributed by atoms with E-state index in [1.165, 1.54) is 24.3 Å². The van der Waals surface area contributed by atoms with E-state index in [9.17, 15) is 30.8 Å². The van der Waals surface area contributed by atoms with E-state index in [-0.39, 0.29) is 41.4 Å². The molecule has 0 bridgehead atoms. The van der Waals surface area contributed by atoms with Crippen molar-refractivity contribution in [2.24, 2.45) is 5.41 Å². The van der Waals surface area contributed by atoms with Crippen LogP contribution >= 0.6 is 11.6 Å². The third-order valence-corrected chi connectivity index (χ3v) is 10.3. The molecule has 0 saturated heterocycles. The lowest BCUT2D eigenvalue weighted by Crippen LogP contribution is -2.51. The van der Waals surface area contributed by atoms with E-state index in [4.69, 9.17) is 11.6 Å². The summed E-state index contributed by atoms with van der Waals surface area (Å²) >= 11 is 5.82. The second-order valence-electron chi connectivity index (χ2n) is 10.7. The number of sulfonamides is 1. The Hall–Kier alpha value is -3.94. The molecule has 1 fully saturated rings. The summed E-state index contributed by atoms with van der Waals surface area (Å²) in [6.45, 7) is -1.11. The lowest BCUT2D eigenvalue weighted by Gasteiger charge is -2.46. The highest BCUT2D eigenvalue weighted by molar-refractivity contribution is 7.89. The molecular formula is C30H24ClF4N5O3S. The van der Waals surface area contributed by atoms with Gasteiger partial charge in [-0.25, -0.2) is 35.6 Å². The van der Waals surface area contributed by atoms with E-state index < -0.39 is 51.9 Å². The Morgan fingerprint density at radius 1 is 1.07 bits per heavy atom. The van der Waals surface area contributed by atoms with Crippen LogP contribution in [0.4, 0.5) is 17.6 Å². The summed E-state index contributed by atoms with van der Waals surface area (Å²) in [5.74, 6) is -1.66. The van der Waals surface area contributed by atoms with Crippen LogP contribution in [0, 0.1) is 17.0 Å². The van der Waals surface area contributed by atoms with Crippen molar-refractivity contribution in [3.05, 3.63) is 106 Å². The maximum absolute atomic E-state index is 14.3. The first-order valence-electron chi connectivity index (χ1n) is 13.6. The monoisotopic (exact) mass is 645 g/mol. The fourth-order valence-corrected chi connectivity index (χ4v) is 7.81. The normalized spacial score (nSPS) is 19.9. The molecule has 3 aromatic heterocycles. The molecule has 14 heteroatoms. The van der Waals surface area contributed by atoms with Crippen LogP contribution in [0.5, 0.6) is 0 Å². The summed E-state index contributed by atoms with van der Waals surface area (Å²) in [7, 11) is -4.49. The molecule has 0 amide bonds. The number of alkyl halides is 2. The van der Waals surface area contributed by atoms with E-state index in [1.54, 1.807) is 29.1 Å². The summed E-state index contributed by atoms with van der Waals surface area (Å²) < 4.78 is 85.5. The highest BCUT2D eigenvalue weighted by Gasteiger charge is 2.52. The zero-order valence-electron chi connectivity index (χ0n) is 22.9. The van der Waals surface area contributed by atoms with Crippen molar-refractivity contribution in [3.63, 3.8) is 0 Å². The quantitative estimate of drug-likeness (QED) is 0.134. The molecule has 4 aromatic rings. The fraction of sp³-hybridized carbons (Fsp3) is 0.267. The lowest BCUT2D eigenvalue weighted by molar-refractivity contribution is 0.0656. The Morgan fingerprint density at radius 2 is 1.84 bits per heavy atom. The lowest BCUT2D eigenvalue weighted by atomic mass is 9.60. The first-order valence-corrected chi connectivity index (χ1v) is 15.4. The number of benzene rings is 1. The zero-order valence-corrected chi connectivity index (χ0v) is 24.4. The van der Waals surface area contributed by atoms with E-state index in [1.807, 2.05) is 0 Å². The molecule has 2 aliphatic rings. The van der Waals surface area contributed by atoms with Gasteiger partial charge in [-0.1, -0.05) is 17.2 Å². The number of halogens is 5. The molecule has 1 saturated carbocycles. The molecule has 228 valence electrons. The molecule has 1 aromatic carbocycles. The molecule has 0 N–H and O–H groups in total. The SMILES string of the molecule is O=C(c1cc(F)ccn1)[C@]12Cc3cnn(-c4ccc(F)cc4)c3C=C1CC[C@H](N(CC(F)F)S(=O)(=O)c1ccc(Cl)nc1)C2. The Balaban J connectivity index is 1.45. The first-order chi connectivity index (χ1) is 21.0. The van der Waals surface area contributed by atoms with Crippen LogP contribution in [-0.2, 0) is 16.4 Å². The van der Waals surface area contributed by atoms with Gasteiger partial charge in [0.1, 0.15) is 27.4 Å². The number of rotatable bonds is 8. The minimum absolute atomic E-state index is 0.0307. The smallest absolute Gasteiger partial charge is 0.252 e. The average molecular weight is 646 g/mol. The largest absolute Gasteiger partial charge is 0.291 e. The minimum atomic E-state index is -4.49. The average Bonchev–Trinajstić information content (AvgIpc) is 3.40. The molecule has 0 unspecified atom stereocenters. The van der Waals surface area contributed by atoms with E-state index in [0.717, 1.165) is 28.8 Å². The maximum atomic E-state index is 14.3. The van der Waals surface area contributed by atoms with Crippen molar-refractivity contribution in [2.75, 3.05) is 6.54 Å². The molecule has 0 spiro atoms. The van der Waals surface area contributed by atoms with Gasteiger partial charge in [-0.2, -0.15) is 9.40 Å². The third-order valence-electron chi connectivity index (χ3n) is 8.13. The Kier molecular flexibility index (Phi) is 7.89. The van der Waals surface area contributed by atoms with E-state index in [0.29, 0.717) is 22.5 Å². The van der Waals surface area contributed by atoms with E-state index >= 15 is 0 Å². The van der Waals surface area contributed by atoms with Crippen molar-refractivity contribution >= 4 is 33.5 Å². The molecule has 0 radical (unpaired) electrons. The zero-order chi connectivity index (χ0) is 31.2. The minimum Gasteiger partial charge on any atom is -0.291 e. The van der Waals surface area contributed by atoms with Crippen molar-refractivity contribution < 1.29 is 30.8 Å². The van der Waals surface area contributed by atoms with Crippen molar-refractivity contribution in [3.8, 4) is 5.69 Å². The van der Waals surface area contributed by atoms with Crippen LogP contribution in [0.25, 0.3) is 11.8 Å². The second-order valence-corrected chi connectivity index (χ2v) is 13.0. The number of nitrogens with zero attached hydrogens (tertiary/aromatic N) is 5. The maximum Gasteiger partial charge on any atom is 0.252 e. The van der Waals surface area contributed by atoms with E-state index in [2.05, 4.69) is 15.1 Å². The van der Waals surface area contributed by atoms with Gasteiger partial charge in [0.15, 0.2) is 5.78 Å². The fourth-order valence-electron chi connectivity index (χ4n) is 6.12.